The van der Waals surface area contributed by atoms with Crippen LogP contribution < -0.4 is 10.1 Å². The third-order valence-electron chi connectivity index (χ3n) is 4.05. The van der Waals surface area contributed by atoms with Gasteiger partial charge in [-0.05, 0) is 42.3 Å². The number of aromatic nitrogens is 1. The molecule has 1 N–H and O–H groups in total. The van der Waals surface area contributed by atoms with Crippen molar-refractivity contribution in [2.75, 3.05) is 32.8 Å². The van der Waals surface area contributed by atoms with Crippen molar-refractivity contribution in [1.82, 2.24) is 15.2 Å². The predicted molar refractivity (Wildman–Crippen MR) is 88.1 cm³/mol. The lowest BCUT2D eigenvalue weighted by atomic mass is 9.97. The van der Waals surface area contributed by atoms with Crippen LogP contribution in [0.5, 0.6) is 5.75 Å². The van der Waals surface area contributed by atoms with E-state index in [2.05, 4.69) is 51.6 Å². The molecule has 0 aliphatic carbocycles. The summed E-state index contributed by atoms with van der Waals surface area (Å²) in [6, 6.07) is 13.0. The van der Waals surface area contributed by atoms with Crippen molar-refractivity contribution in [2.45, 2.75) is 13.0 Å². The Morgan fingerprint density at radius 2 is 1.68 bits per heavy atom. The summed E-state index contributed by atoms with van der Waals surface area (Å²) >= 11 is 0. The van der Waals surface area contributed by atoms with E-state index in [9.17, 15) is 0 Å². The number of ether oxygens (including phenoxy) is 1. The molecule has 1 unspecified atom stereocenters. The predicted octanol–water partition coefficient (Wildman–Crippen LogP) is 2.47. The van der Waals surface area contributed by atoms with Crippen molar-refractivity contribution in [3.05, 3.63) is 59.9 Å². The molecule has 1 aliphatic heterocycles. The minimum Gasteiger partial charge on any atom is -0.494 e. The van der Waals surface area contributed by atoms with Crippen molar-refractivity contribution in [3.63, 3.8) is 0 Å². The minimum atomic E-state index is 0.278. The Balaban J connectivity index is 1.90. The maximum Gasteiger partial charge on any atom is 0.119 e. The number of nitrogens with zero attached hydrogens (tertiary/aromatic N) is 2. The van der Waals surface area contributed by atoms with Gasteiger partial charge in [0.1, 0.15) is 5.75 Å². The fraction of sp³-hybridized carbons (Fsp3) is 0.389. The highest BCUT2D eigenvalue weighted by molar-refractivity contribution is 5.35. The van der Waals surface area contributed by atoms with E-state index in [1.54, 1.807) is 0 Å². The molecule has 0 spiro atoms. The minimum absolute atomic E-state index is 0.278. The summed E-state index contributed by atoms with van der Waals surface area (Å²) in [5.41, 5.74) is 2.60. The van der Waals surface area contributed by atoms with Gasteiger partial charge in [-0.15, -0.1) is 0 Å². The maximum absolute atomic E-state index is 5.56. The van der Waals surface area contributed by atoms with E-state index >= 15 is 0 Å². The van der Waals surface area contributed by atoms with Gasteiger partial charge in [-0.25, -0.2) is 0 Å². The van der Waals surface area contributed by atoms with E-state index in [-0.39, 0.29) is 6.04 Å². The Labute approximate surface area is 132 Å². The molecule has 2 heterocycles. The SMILES string of the molecule is CCOc1ccc(C(c2ccncc2)N2CCNCC2)cc1. The maximum atomic E-state index is 5.56. The molecule has 0 saturated carbocycles. The van der Waals surface area contributed by atoms with E-state index in [0.717, 1.165) is 31.9 Å². The summed E-state index contributed by atoms with van der Waals surface area (Å²) in [5, 5.41) is 3.42. The number of pyridine rings is 1. The van der Waals surface area contributed by atoms with E-state index in [4.69, 9.17) is 4.74 Å². The zero-order valence-electron chi connectivity index (χ0n) is 13.0. The molecule has 4 heteroatoms. The molecular weight excluding hydrogens is 274 g/mol. The molecule has 3 rings (SSSR count). The van der Waals surface area contributed by atoms with Gasteiger partial charge in [0, 0.05) is 38.6 Å². The van der Waals surface area contributed by atoms with Gasteiger partial charge in [0.25, 0.3) is 0 Å². The van der Waals surface area contributed by atoms with Gasteiger partial charge in [0.2, 0.25) is 0 Å². The van der Waals surface area contributed by atoms with Gasteiger partial charge in [0.05, 0.1) is 12.6 Å². The van der Waals surface area contributed by atoms with Crippen LogP contribution in [0.4, 0.5) is 0 Å². The molecule has 1 saturated heterocycles. The third kappa shape index (κ3) is 3.46. The Bertz CT molecular complexity index is 565. The number of nitrogens with one attached hydrogen (secondary N) is 1. The first-order chi connectivity index (χ1) is 10.9. The number of piperazine rings is 1. The molecule has 0 radical (unpaired) electrons. The first-order valence-electron chi connectivity index (χ1n) is 7.96. The van der Waals surface area contributed by atoms with Crippen molar-refractivity contribution >= 4 is 0 Å². The molecule has 2 aromatic rings. The zero-order valence-corrected chi connectivity index (χ0v) is 13.0. The standard InChI is InChI=1S/C18H23N3O/c1-2-22-17-5-3-15(4-6-17)18(16-7-9-19-10-8-16)21-13-11-20-12-14-21/h3-10,18,20H,2,11-14H2,1H3. The quantitative estimate of drug-likeness (QED) is 0.920. The van der Waals surface area contributed by atoms with Crippen molar-refractivity contribution < 1.29 is 4.74 Å². The van der Waals surface area contributed by atoms with Gasteiger partial charge < -0.3 is 10.1 Å². The van der Waals surface area contributed by atoms with E-state index < -0.39 is 0 Å². The van der Waals surface area contributed by atoms with Crippen LogP contribution in [0, 0.1) is 0 Å². The zero-order chi connectivity index (χ0) is 15.2. The summed E-state index contributed by atoms with van der Waals surface area (Å²) in [6.45, 7) is 6.90. The second kappa shape index (κ2) is 7.38. The lowest BCUT2D eigenvalue weighted by Crippen LogP contribution is -2.45. The van der Waals surface area contributed by atoms with Gasteiger partial charge in [-0.1, -0.05) is 12.1 Å². The van der Waals surface area contributed by atoms with Crippen LogP contribution in [0.15, 0.2) is 48.8 Å². The molecule has 1 fully saturated rings. The highest BCUT2D eigenvalue weighted by Gasteiger charge is 2.23. The summed E-state index contributed by atoms with van der Waals surface area (Å²) in [7, 11) is 0. The second-order valence-corrected chi connectivity index (χ2v) is 5.47. The molecule has 1 aromatic heterocycles. The fourth-order valence-electron chi connectivity index (χ4n) is 3.01. The second-order valence-electron chi connectivity index (χ2n) is 5.47. The fourth-order valence-corrected chi connectivity index (χ4v) is 3.01. The summed E-state index contributed by atoms with van der Waals surface area (Å²) in [5.74, 6) is 0.931. The summed E-state index contributed by atoms with van der Waals surface area (Å²) < 4.78 is 5.56. The Kier molecular flexibility index (Phi) is 5.03. The van der Waals surface area contributed by atoms with Crippen LogP contribution in [-0.4, -0.2) is 42.7 Å². The molecule has 116 valence electrons. The lowest BCUT2D eigenvalue weighted by Gasteiger charge is -2.35. The third-order valence-corrected chi connectivity index (χ3v) is 4.05. The molecule has 1 aliphatic rings. The molecule has 1 aromatic carbocycles. The van der Waals surface area contributed by atoms with Crippen molar-refractivity contribution in [3.8, 4) is 5.75 Å². The van der Waals surface area contributed by atoms with E-state index in [1.807, 2.05) is 19.3 Å². The smallest absolute Gasteiger partial charge is 0.119 e. The number of hydrogen-bond acceptors (Lipinski definition) is 4. The Morgan fingerprint density at radius 3 is 2.32 bits per heavy atom. The summed E-state index contributed by atoms with van der Waals surface area (Å²) in [4.78, 5) is 6.68. The highest BCUT2D eigenvalue weighted by atomic mass is 16.5. The van der Waals surface area contributed by atoms with E-state index in [1.165, 1.54) is 11.1 Å². The van der Waals surface area contributed by atoms with Crippen LogP contribution >= 0.6 is 0 Å². The van der Waals surface area contributed by atoms with Gasteiger partial charge in [0.15, 0.2) is 0 Å². The summed E-state index contributed by atoms with van der Waals surface area (Å²) in [6.07, 6.45) is 3.75. The Hall–Kier alpha value is -1.91. The van der Waals surface area contributed by atoms with Crippen LogP contribution in [0.2, 0.25) is 0 Å². The van der Waals surface area contributed by atoms with Crippen molar-refractivity contribution in [2.24, 2.45) is 0 Å². The average molecular weight is 297 g/mol. The molecule has 1 atom stereocenters. The Morgan fingerprint density at radius 1 is 1.05 bits per heavy atom. The average Bonchev–Trinajstić information content (AvgIpc) is 2.59. The highest BCUT2D eigenvalue weighted by Crippen LogP contribution is 2.29. The normalized spacial score (nSPS) is 17.1. The van der Waals surface area contributed by atoms with Crippen LogP contribution in [0.3, 0.4) is 0 Å². The van der Waals surface area contributed by atoms with E-state index in [0.29, 0.717) is 6.61 Å². The molecule has 0 amide bonds. The molecule has 0 bridgehead atoms. The molecular formula is C18H23N3O. The van der Waals surface area contributed by atoms with Crippen LogP contribution in [-0.2, 0) is 0 Å². The topological polar surface area (TPSA) is 37.4 Å². The number of rotatable bonds is 5. The van der Waals surface area contributed by atoms with Gasteiger partial charge in [-0.3, -0.25) is 9.88 Å². The largest absolute Gasteiger partial charge is 0.494 e. The van der Waals surface area contributed by atoms with Crippen molar-refractivity contribution in [1.29, 1.82) is 0 Å². The van der Waals surface area contributed by atoms with Crippen LogP contribution in [0.1, 0.15) is 24.1 Å². The molecule has 22 heavy (non-hydrogen) atoms. The van der Waals surface area contributed by atoms with Gasteiger partial charge in [-0.2, -0.15) is 0 Å². The molecule has 4 nitrogen and oxygen atoms in total. The monoisotopic (exact) mass is 297 g/mol. The van der Waals surface area contributed by atoms with Gasteiger partial charge >= 0.3 is 0 Å². The lowest BCUT2D eigenvalue weighted by molar-refractivity contribution is 0.198. The number of benzene rings is 1. The number of hydrogen-bond donors (Lipinski definition) is 1. The van der Waals surface area contributed by atoms with Crippen LogP contribution in [0.25, 0.3) is 0 Å². The first-order valence-corrected chi connectivity index (χ1v) is 7.96. The first kappa shape index (κ1) is 15.0.